The molecule has 0 radical (unpaired) electrons. The maximum atomic E-state index is 13.1. The summed E-state index contributed by atoms with van der Waals surface area (Å²) in [5, 5.41) is 47.6. The number of cyclic esters (lactones) is 2. The number of imidazole rings is 4. The second kappa shape index (κ2) is 45.3. The molecule has 4 saturated heterocycles. The second-order valence-electron chi connectivity index (χ2n) is 30.6. The van der Waals surface area contributed by atoms with Crippen molar-refractivity contribution in [3.05, 3.63) is 190 Å². The van der Waals surface area contributed by atoms with Gasteiger partial charge in [0.25, 0.3) is 48.3 Å². The number of ether oxygens (including phenoxy) is 8. The molecule has 8 N–H and O–H groups in total. The van der Waals surface area contributed by atoms with Crippen molar-refractivity contribution in [2.45, 2.75) is 89.9 Å². The summed E-state index contributed by atoms with van der Waals surface area (Å²) in [4.78, 5) is 124. The van der Waals surface area contributed by atoms with E-state index in [9.17, 15) is 103 Å². The van der Waals surface area contributed by atoms with Gasteiger partial charge in [0, 0.05) is 136 Å². The molecule has 0 bridgehead atoms. The van der Waals surface area contributed by atoms with Crippen molar-refractivity contribution in [1.29, 1.82) is 0 Å². The monoisotopic (exact) mass is 1940 g/mol. The maximum Gasteiger partial charge on any atom is 0.416 e. The van der Waals surface area contributed by atoms with Crippen LogP contribution in [0.25, 0.3) is 44.1 Å². The van der Waals surface area contributed by atoms with Crippen molar-refractivity contribution in [3.63, 3.8) is 0 Å². The topological polar surface area (TPSA) is 424 Å². The summed E-state index contributed by atoms with van der Waals surface area (Å²) in [5.41, 5.74) is -0.237. The largest absolute Gasteiger partial charge is 0.494 e. The molecule has 4 aliphatic rings. The number of aliphatic hydroxyl groups excluding tert-OH is 4. The van der Waals surface area contributed by atoms with E-state index in [0.717, 1.165) is 36.4 Å². The van der Waals surface area contributed by atoms with Crippen LogP contribution in [0.4, 0.5) is 100 Å². The number of hydrogen-bond acceptors (Lipinski definition) is 24. The van der Waals surface area contributed by atoms with Crippen LogP contribution in [0, 0.1) is 0 Å². The third kappa shape index (κ3) is 23.5. The first kappa shape index (κ1) is 85.0. The number of carbonyl (C=O) groups excluding carboxylic acids is 8. The summed E-state index contributed by atoms with van der Waals surface area (Å²) in [7, 11) is -11.4. The third-order valence-corrected chi connectivity index (χ3v) is 21.6. The Labute approximate surface area is 795 Å². The van der Waals surface area contributed by atoms with E-state index in [0.29, 0.717) is 58.1 Å². The highest BCUT2D eigenvalue weighted by atomic mass is 19.4. The molecule has 138 heavy (non-hydrogen) atoms. The third-order valence-electron chi connectivity index (χ3n) is 21.6. The molecule has 0 aliphatic carbocycles. The van der Waals surface area contributed by atoms with E-state index in [1.165, 1.54) is 135 Å². The lowest BCUT2D eigenvalue weighted by molar-refractivity contribution is -0.138. The van der Waals surface area contributed by atoms with Crippen molar-refractivity contribution in [2.24, 2.45) is 0 Å². The Kier molecular flexibility index (Phi) is 27.9. The Morgan fingerprint density at radius 1 is 0.391 bits per heavy atom. The quantitative estimate of drug-likeness (QED) is 0.0194. The van der Waals surface area contributed by atoms with Crippen molar-refractivity contribution in [2.75, 3.05) is 161 Å². The molecule has 4 fully saturated rings. The number of halogens is 10. The summed E-state index contributed by atoms with van der Waals surface area (Å²) in [6, 6.07) is 29.0. The standard InChI is InChI=1S/2C23H23F3N4O5.2C23H24F2N4O5/c1-34-19-13-17-16(12-18(19)30-8-4-10-35-22(30)33)27-21(29(17)7-3-9-31)28-20(32)14-5-2-6-15(11-14)23(24,25)26;1-34-19-12-17-16(11-18(19)29-7-9-35-13-20(29)32)27-22(30(17)6-3-8-31)28-21(33)14-4-2-5-15(10-14)23(24,25)26;1-33-19-13-17-16(12-18(19)29-8-4-10-34-23(29)32)26-22(28(17)7-3-9-30)27-21(31)15-6-2-5-14(11-15)20(24)25;1-33-19-12-17-16(11-18(19)28-7-9-34-13-20(28)31)26-23(29(17)6-3-8-30)27-22(32)15-5-2-4-14(10-15)21(24)25/h2,5-6,11-13,31H,3-4,7-10H2,1H3,(H,27,28,32);2,4-5,10-12,31H,3,6-9,13H2,1H3,(H,27,28,33);2,5-6,11-13,20,30H,3-4,7-10H2,1H3,(H,26,27,31);2,4-5,10-12,21,30H,3,6-9,13H2,1H3,(H,26,27,32)/i4*1D3. The molecule has 0 atom stereocenters. The van der Waals surface area contributed by atoms with E-state index >= 15 is 0 Å². The fourth-order valence-corrected chi connectivity index (χ4v) is 15.0. The number of fused-ring (bicyclic) bond motifs is 4. The highest BCUT2D eigenvalue weighted by molar-refractivity contribution is 6.09. The maximum absolute atomic E-state index is 13.1. The number of carbonyl (C=O) groups is 8. The predicted octanol–water partition coefficient (Wildman–Crippen LogP) is 14.1. The van der Waals surface area contributed by atoms with Crippen LogP contribution in [-0.2, 0) is 67.1 Å². The van der Waals surface area contributed by atoms with Gasteiger partial charge in [-0.1, -0.05) is 36.4 Å². The summed E-state index contributed by atoms with van der Waals surface area (Å²) in [6.07, 6.45) is -14.2. The summed E-state index contributed by atoms with van der Waals surface area (Å²) in [5.74, 6) is -4.51. The van der Waals surface area contributed by atoms with E-state index in [1.54, 1.807) is 0 Å². The van der Waals surface area contributed by atoms with Crippen molar-refractivity contribution in [3.8, 4) is 23.0 Å². The van der Waals surface area contributed by atoms with Crippen LogP contribution in [-0.4, -0.2) is 227 Å². The first-order chi connectivity index (χ1) is 70.9. The van der Waals surface area contributed by atoms with Crippen LogP contribution in [0.15, 0.2) is 146 Å². The number of nitrogens with one attached hydrogen (secondary N) is 4. The SMILES string of the molecule is [2H]C([2H])([2H])Oc1cc2c(cc1N1CCCOC1=O)nc(NC(=O)c1cccc(C(F)(F)F)c1)n2CCCO.[2H]C([2H])([2H])Oc1cc2c(cc1N1CCCOC1=O)nc(NC(=O)c1cccc(C(F)F)c1)n2CCCO.[2H]C([2H])([2H])Oc1cc2c(cc1N1CCOCC1=O)nc(NC(=O)c1cccc(C(F)(F)F)c1)n2CCCO.[2H]C([2H])([2H])Oc1cc2c(cc1N1CCOCC1=O)nc(NC(=O)c1cccc(C(F)F)c1)n2CCCO. The average molecular weight is 1950 g/mol. The van der Waals surface area contributed by atoms with E-state index in [2.05, 4.69) is 41.2 Å². The molecule has 4 aromatic heterocycles. The van der Waals surface area contributed by atoms with Crippen molar-refractivity contribution in [1.82, 2.24) is 38.2 Å². The van der Waals surface area contributed by atoms with Gasteiger partial charge in [-0.2, -0.15) is 26.3 Å². The molecule has 0 spiro atoms. The number of rotatable bonds is 30. The van der Waals surface area contributed by atoms with Crippen LogP contribution in [0.2, 0.25) is 0 Å². The fraction of sp³-hybridized carbons (Fsp3) is 0.348. The molecule has 46 heteroatoms. The number of aryl methyl sites for hydroxylation is 4. The van der Waals surface area contributed by atoms with Gasteiger partial charge in [0.05, 0.1) is 149 Å². The van der Waals surface area contributed by atoms with Gasteiger partial charge in [-0.05, 0) is 123 Å². The van der Waals surface area contributed by atoms with Gasteiger partial charge in [0.15, 0.2) is 0 Å². The van der Waals surface area contributed by atoms with Gasteiger partial charge < -0.3 is 86.4 Å². The molecular weight excluding hydrogens is 1840 g/mol. The zero-order chi connectivity index (χ0) is 109. The molecule has 732 valence electrons. The number of morpholine rings is 2. The molecular formula is C92H94F10N16O20. The number of benzene rings is 8. The highest BCUT2D eigenvalue weighted by Gasteiger charge is 2.36. The van der Waals surface area contributed by atoms with Crippen molar-refractivity contribution >= 4 is 138 Å². The average Bonchev–Trinajstić information content (AvgIpc) is 1.61. The Bertz CT molecular complexity index is 6570. The number of nitrogens with zero attached hydrogens (tertiary/aromatic N) is 12. The molecule has 0 unspecified atom stereocenters. The minimum Gasteiger partial charge on any atom is -0.494 e. The number of aliphatic hydroxyl groups is 4. The van der Waals surface area contributed by atoms with Crippen LogP contribution in [0.1, 0.15) is 132 Å². The van der Waals surface area contributed by atoms with E-state index in [1.807, 2.05) is 0 Å². The zero-order valence-corrected chi connectivity index (χ0v) is 72.4. The number of aromatic nitrogens is 8. The first-order valence-corrected chi connectivity index (χ1v) is 42.3. The Hall–Kier alpha value is -14.7. The minimum absolute atomic E-state index is 0.00964. The Morgan fingerprint density at radius 3 is 0.935 bits per heavy atom. The Morgan fingerprint density at radius 2 is 0.674 bits per heavy atom. The van der Waals surface area contributed by atoms with Crippen LogP contribution in [0.3, 0.4) is 0 Å². The van der Waals surface area contributed by atoms with Crippen LogP contribution >= 0.6 is 0 Å². The highest BCUT2D eigenvalue weighted by Crippen LogP contribution is 2.43. The molecule has 4 aliphatic heterocycles. The summed E-state index contributed by atoms with van der Waals surface area (Å²) in [6.45, 7) is 1.05. The van der Waals surface area contributed by atoms with Gasteiger partial charge in [-0.3, -0.25) is 59.8 Å². The molecule has 8 aromatic carbocycles. The molecule has 12 aromatic rings. The van der Waals surface area contributed by atoms with Crippen LogP contribution < -0.4 is 59.8 Å². The van der Waals surface area contributed by atoms with Crippen LogP contribution in [0.5, 0.6) is 23.0 Å². The van der Waals surface area contributed by atoms with E-state index in [4.69, 9.17) is 54.3 Å². The van der Waals surface area contributed by atoms with E-state index < -0.39 is 112 Å². The molecule has 16 rings (SSSR count). The molecule has 0 saturated carbocycles. The number of hydrogen-bond donors (Lipinski definition) is 8. The Balaban J connectivity index is 0.000000167. The van der Waals surface area contributed by atoms with Crippen molar-refractivity contribution < 1.29 is 157 Å². The normalized spacial score (nSPS) is 15.8. The summed E-state index contributed by atoms with van der Waals surface area (Å²) < 4.78 is 269. The lowest BCUT2D eigenvalue weighted by Crippen LogP contribution is -2.41. The number of amides is 8. The van der Waals surface area contributed by atoms with Gasteiger partial charge in [0.1, 0.15) is 36.2 Å². The fourth-order valence-electron chi connectivity index (χ4n) is 15.0. The number of methoxy groups -OCH3 is 4. The zero-order valence-electron chi connectivity index (χ0n) is 84.4. The smallest absolute Gasteiger partial charge is 0.416 e. The summed E-state index contributed by atoms with van der Waals surface area (Å²) >= 11 is 0. The van der Waals surface area contributed by atoms with Gasteiger partial charge in [0.2, 0.25) is 23.8 Å². The van der Waals surface area contributed by atoms with Gasteiger partial charge in [-0.15, -0.1) is 0 Å². The minimum atomic E-state index is -4.64. The van der Waals surface area contributed by atoms with Gasteiger partial charge in [-0.25, -0.2) is 47.1 Å². The molecule has 36 nitrogen and oxygen atoms in total. The molecule has 8 amide bonds. The predicted molar refractivity (Wildman–Crippen MR) is 482 cm³/mol. The number of alkyl halides is 10. The van der Waals surface area contributed by atoms with E-state index in [-0.39, 0.29) is 258 Å². The lowest BCUT2D eigenvalue weighted by atomic mass is 10.1. The number of anilines is 8. The van der Waals surface area contributed by atoms with Gasteiger partial charge >= 0.3 is 24.5 Å². The lowest BCUT2D eigenvalue weighted by Gasteiger charge is -2.28. The molecule has 8 heterocycles. The first-order valence-electron chi connectivity index (χ1n) is 48.3. The second-order valence-corrected chi connectivity index (χ2v) is 30.6.